The van der Waals surface area contributed by atoms with Gasteiger partial charge in [-0.15, -0.1) is 0 Å². The number of nitrogens with one attached hydrogen (secondary N) is 2. The number of urea groups is 1. The Hall–Kier alpha value is -2.47. The lowest BCUT2D eigenvalue weighted by Gasteiger charge is -2.35. The Labute approximate surface area is 189 Å². The Kier molecular flexibility index (Phi) is 7.65. The van der Waals surface area contributed by atoms with E-state index in [2.05, 4.69) is 10.3 Å². The van der Waals surface area contributed by atoms with Crippen LogP contribution in [0.25, 0.3) is 0 Å². The van der Waals surface area contributed by atoms with E-state index in [1.54, 1.807) is 6.92 Å². The summed E-state index contributed by atoms with van der Waals surface area (Å²) in [5.74, 6) is -0.363. The van der Waals surface area contributed by atoms with E-state index in [0.717, 1.165) is 48.1 Å². The number of rotatable bonds is 6. The van der Waals surface area contributed by atoms with E-state index >= 15 is 0 Å². The highest BCUT2D eigenvalue weighted by Gasteiger charge is 2.29. The van der Waals surface area contributed by atoms with Gasteiger partial charge in [0.2, 0.25) is 0 Å². The molecule has 0 atom stereocenters. The number of benzene rings is 1. The van der Waals surface area contributed by atoms with Crippen LogP contribution in [-0.4, -0.2) is 34.5 Å². The summed E-state index contributed by atoms with van der Waals surface area (Å²) in [5, 5.41) is 3.68. The van der Waals surface area contributed by atoms with Gasteiger partial charge in [-0.25, -0.2) is 9.59 Å². The molecule has 1 aliphatic rings. The van der Waals surface area contributed by atoms with Crippen LogP contribution in [0.15, 0.2) is 18.2 Å². The van der Waals surface area contributed by atoms with Gasteiger partial charge in [0.05, 0.1) is 6.61 Å². The fourth-order valence-electron chi connectivity index (χ4n) is 4.29. The van der Waals surface area contributed by atoms with E-state index in [0.29, 0.717) is 29.6 Å². The van der Waals surface area contributed by atoms with Gasteiger partial charge in [0.15, 0.2) is 0 Å². The number of halogens is 1. The summed E-state index contributed by atoms with van der Waals surface area (Å²) >= 11 is 6.24. The molecule has 1 saturated carbocycles. The van der Waals surface area contributed by atoms with Gasteiger partial charge in [-0.1, -0.05) is 36.9 Å². The average molecular weight is 446 g/mol. The zero-order valence-electron chi connectivity index (χ0n) is 18.8. The third-order valence-electron chi connectivity index (χ3n) is 6.19. The Balaban J connectivity index is 1.89. The monoisotopic (exact) mass is 445 g/mol. The van der Waals surface area contributed by atoms with Crippen molar-refractivity contribution >= 4 is 29.3 Å². The number of carbonyl (C=O) groups excluding carboxylic acids is 2. The Morgan fingerprint density at radius 3 is 2.55 bits per heavy atom. The predicted molar refractivity (Wildman–Crippen MR) is 124 cm³/mol. The summed E-state index contributed by atoms with van der Waals surface area (Å²) < 4.78 is 5.17. The summed E-state index contributed by atoms with van der Waals surface area (Å²) in [4.78, 5) is 30.8. The van der Waals surface area contributed by atoms with Crippen molar-refractivity contribution < 1.29 is 14.3 Å². The molecule has 0 spiro atoms. The standard InChI is InChI=1S/C24H32ClN3O3/c1-5-31-23(29)22-15(2)19(17(4)26-22)14-28(18-10-7-6-8-11-18)24(30)27-21-13-9-12-20(25)16(21)3/h9,12-13,18,26H,5-8,10-11,14H2,1-4H3,(H,27,30). The number of aryl methyl sites for hydroxylation is 1. The summed E-state index contributed by atoms with van der Waals surface area (Å²) in [5.41, 5.74) is 4.71. The molecule has 6 nitrogen and oxygen atoms in total. The average Bonchev–Trinajstić information content (AvgIpc) is 3.04. The smallest absolute Gasteiger partial charge is 0.355 e. The number of ether oxygens (including phenoxy) is 1. The largest absolute Gasteiger partial charge is 0.461 e. The third kappa shape index (κ3) is 5.24. The first-order valence-electron chi connectivity index (χ1n) is 11.0. The number of amides is 2. The van der Waals surface area contributed by atoms with Gasteiger partial charge >= 0.3 is 12.0 Å². The minimum absolute atomic E-state index is 0.144. The topological polar surface area (TPSA) is 74.4 Å². The van der Waals surface area contributed by atoms with Gasteiger partial charge in [0.1, 0.15) is 5.69 Å². The molecular weight excluding hydrogens is 414 g/mol. The number of anilines is 1. The first kappa shape index (κ1) is 23.2. The van der Waals surface area contributed by atoms with E-state index in [-0.39, 0.29) is 18.0 Å². The second kappa shape index (κ2) is 10.2. The number of hydrogen-bond donors (Lipinski definition) is 2. The van der Waals surface area contributed by atoms with E-state index in [1.165, 1.54) is 6.42 Å². The van der Waals surface area contributed by atoms with Gasteiger partial charge in [0, 0.05) is 29.0 Å². The molecule has 1 fully saturated rings. The highest BCUT2D eigenvalue weighted by Crippen LogP contribution is 2.29. The molecule has 31 heavy (non-hydrogen) atoms. The van der Waals surface area contributed by atoms with Crippen molar-refractivity contribution in [2.24, 2.45) is 0 Å². The van der Waals surface area contributed by atoms with E-state index in [9.17, 15) is 9.59 Å². The summed E-state index contributed by atoms with van der Waals surface area (Å²) in [6, 6.07) is 5.53. The zero-order chi connectivity index (χ0) is 22.5. The Morgan fingerprint density at radius 1 is 1.16 bits per heavy atom. The zero-order valence-corrected chi connectivity index (χ0v) is 19.6. The van der Waals surface area contributed by atoms with Crippen LogP contribution in [0, 0.1) is 20.8 Å². The summed E-state index contributed by atoms with van der Waals surface area (Å²) in [7, 11) is 0. The van der Waals surface area contributed by atoms with Crippen molar-refractivity contribution in [3.63, 3.8) is 0 Å². The van der Waals surface area contributed by atoms with Gasteiger partial charge in [0.25, 0.3) is 0 Å². The molecule has 7 heteroatoms. The van der Waals surface area contributed by atoms with Crippen LogP contribution in [0.3, 0.4) is 0 Å². The Bertz CT molecular complexity index is 948. The molecule has 0 saturated heterocycles. The number of carbonyl (C=O) groups is 2. The lowest BCUT2D eigenvalue weighted by molar-refractivity contribution is 0.0519. The fraction of sp³-hybridized carbons (Fsp3) is 0.500. The highest BCUT2D eigenvalue weighted by molar-refractivity contribution is 6.31. The Morgan fingerprint density at radius 2 is 1.87 bits per heavy atom. The van der Waals surface area contributed by atoms with Gasteiger partial charge in [-0.05, 0) is 69.4 Å². The van der Waals surface area contributed by atoms with Crippen LogP contribution in [0.1, 0.15) is 71.9 Å². The van der Waals surface area contributed by atoms with Gasteiger partial charge in [-0.2, -0.15) is 0 Å². The normalized spacial score (nSPS) is 14.4. The van der Waals surface area contributed by atoms with Gasteiger partial charge < -0.3 is 19.9 Å². The van der Waals surface area contributed by atoms with Crippen LogP contribution in [-0.2, 0) is 11.3 Å². The molecule has 1 aliphatic carbocycles. The van der Waals surface area contributed by atoms with E-state index in [1.807, 2.05) is 43.9 Å². The second-order valence-corrected chi connectivity index (χ2v) is 8.62. The molecule has 0 radical (unpaired) electrons. The van der Waals surface area contributed by atoms with Crippen molar-refractivity contribution in [3.8, 4) is 0 Å². The predicted octanol–water partition coefficient (Wildman–Crippen LogP) is 6.14. The molecule has 168 valence electrons. The summed E-state index contributed by atoms with van der Waals surface area (Å²) in [6.07, 6.45) is 5.40. The number of aromatic nitrogens is 1. The SMILES string of the molecule is CCOC(=O)c1[nH]c(C)c(CN(C(=O)Nc2cccc(Cl)c2C)C2CCCCC2)c1C. The fourth-order valence-corrected chi connectivity index (χ4v) is 4.47. The minimum atomic E-state index is -0.363. The first-order valence-corrected chi connectivity index (χ1v) is 11.4. The van der Waals surface area contributed by atoms with Crippen molar-refractivity contribution in [1.29, 1.82) is 0 Å². The lowest BCUT2D eigenvalue weighted by Crippen LogP contribution is -2.43. The maximum absolute atomic E-state index is 13.4. The minimum Gasteiger partial charge on any atom is -0.461 e. The maximum Gasteiger partial charge on any atom is 0.355 e. The second-order valence-electron chi connectivity index (χ2n) is 8.21. The van der Waals surface area contributed by atoms with Crippen LogP contribution in [0.5, 0.6) is 0 Å². The van der Waals surface area contributed by atoms with Crippen LogP contribution >= 0.6 is 11.6 Å². The highest BCUT2D eigenvalue weighted by atomic mass is 35.5. The van der Waals surface area contributed by atoms with Crippen molar-refractivity contribution in [2.75, 3.05) is 11.9 Å². The number of H-pyrrole nitrogens is 1. The van der Waals surface area contributed by atoms with Crippen LogP contribution in [0.4, 0.5) is 10.5 Å². The molecule has 2 aromatic rings. The molecule has 0 aliphatic heterocycles. The maximum atomic E-state index is 13.4. The molecule has 1 aromatic heterocycles. The quantitative estimate of drug-likeness (QED) is 0.524. The molecule has 2 amide bonds. The lowest BCUT2D eigenvalue weighted by atomic mass is 9.93. The number of esters is 1. The van der Waals surface area contributed by atoms with E-state index in [4.69, 9.17) is 16.3 Å². The van der Waals surface area contributed by atoms with Gasteiger partial charge in [-0.3, -0.25) is 0 Å². The third-order valence-corrected chi connectivity index (χ3v) is 6.60. The molecule has 3 rings (SSSR count). The molecule has 1 heterocycles. The van der Waals surface area contributed by atoms with Crippen molar-refractivity contribution in [1.82, 2.24) is 9.88 Å². The van der Waals surface area contributed by atoms with E-state index < -0.39 is 0 Å². The number of aromatic amines is 1. The first-order chi connectivity index (χ1) is 14.8. The molecule has 2 N–H and O–H groups in total. The number of hydrogen-bond acceptors (Lipinski definition) is 3. The van der Waals surface area contributed by atoms with Crippen LogP contribution < -0.4 is 5.32 Å². The molecule has 1 aromatic carbocycles. The van der Waals surface area contributed by atoms with Crippen LogP contribution in [0.2, 0.25) is 5.02 Å². The van der Waals surface area contributed by atoms with Crippen molar-refractivity contribution in [2.45, 2.75) is 72.4 Å². The van der Waals surface area contributed by atoms with Crippen molar-refractivity contribution in [3.05, 3.63) is 51.3 Å². The number of nitrogens with zero attached hydrogens (tertiary/aromatic N) is 1. The summed E-state index contributed by atoms with van der Waals surface area (Å²) in [6.45, 7) is 8.28. The molecular formula is C24H32ClN3O3. The molecule has 0 bridgehead atoms. The molecule has 0 unspecified atom stereocenters.